The van der Waals surface area contributed by atoms with Gasteiger partial charge >= 0.3 is 0 Å². The molecule has 0 aromatic heterocycles. The van der Waals surface area contributed by atoms with E-state index in [0.29, 0.717) is 37.4 Å². The fraction of sp³-hybridized carbons (Fsp3) is 0.208. The van der Waals surface area contributed by atoms with Crippen LogP contribution in [0.1, 0.15) is 22.3 Å². The Hall–Kier alpha value is -3.16. The van der Waals surface area contributed by atoms with Gasteiger partial charge < -0.3 is 10.1 Å². The summed E-state index contributed by atoms with van der Waals surface area (Å²) in [7, 11) is -3.70. The highest BCUT2D eigenvalue weighted by Gasteiger charge is 2.15. The van der Waals surface area contributed by atoms with Crippen molar-refractivity contribution in [1.82, 2.24) is 5.32 Å². The zero-order valence-corrected chi connectivity index (χ0v) is 18.0. The van der Waals surface area contributed by atoms with Crippen LogP contribution in [-0.2, 0) is 21.2 Å². The molecule has 7 heteroatoms. The minimum atomic E-state index is -3.70. The minimum Gasteiger partial charge on any atom is -0.381 e. The first-order chi connectivity index (χ1) is 15.0. The lowest BCUT2D eigenvalue weighted by Gasteiger charge is -2.09. The number of carbonyl (C=O) groups excluding carboxylic acids is 1. The number of rotatable bonds is 11. The largest absolute Gasteiger partial charge is 0.381 e. The van der Waals surface area contributed by atoms with Crippen molar-refractivity contribution < 1.29 is 17.9 Å². The third-order valence-corrected chi connectivity index (χ3v) is 5.98. The van der Waals surface area contributed by atoms with Gasteiger partial charge in [0, 0.05) is 24.4 Å². The van der Waals surface area contributed by atoms with Crippen molar-refractivity contribution in [3.63, 3.8) is 0 Å². The number of benzene rings is 3. The quantitative estimate of drug-likeness (QED) is 0.445. The molecule has 0 radical (unpaired) electrons. The van der Waals surface area contributed by atoms with Crippen molar-refractivity contribution in [1.29, 1.82) is 0 Å². The number of nitrogens with one attached hydrogen (secondary N) is 2. The van der Waals surface area contributed by atoms with Crippen LogP contribution >= 0.6 is 0 Å². The molecule has 162 valence electrons. The first-order valence-electron chi connectivity index (χ1n) is 10.1. The molecule has 2 N–H and O–H groups in total. The molecular weight excluding hydrogens is 412 g/mol. The minimum absolute atomic E-state index is 0.0970. The maximum Gasteiger partial charge on any atom is 0.261 e. The Bertz CT molecular complexity index is 1050. The molecule has 6 nitrogen and oxygen atoms in total. The summed E-state index contributed by atoms with van der Waals surface area (Å²) in [5, 5.41) is 2.82. The molecule has 0 saturated carbocycles. The van der Waals surface area contributed by atoms with Crippen LogP contribution in [0.15, 0.2) is 89.8 Å². The normalized spacial score (nSPS) is 11.1. The second kappa shape index (κ2) is 11.3. The van der Waals surface area contributed by atoms with Crippen molar-refractivity contribution in [3.8, 4) is 0 Å². The molecule has 0 fully saturated rings. The molecule has 3 rings (SSSR count). The maximum atomic E-state index is 12.4. The summed E-state index contributed by atoms with van der Waals surface area (Å²) in [6.07, 6.45) is 1.57. The smallest absolute Gasteiger partial charge is 0.261 e. The average molecular weight is 439 g/mol. The van der Waals surface area contributed by atoms with Crippen molar-refractivity contribution in [2.45, 2.75) is 17.7 Å². The van der Waals surface area contributed by atoms with E-state index in [1.54, 1.807) is 24.3 Å². The highest BCUT2D eigenvalue weighted by Crippen LogP contribution is 2.16. The van der Waals surface area contributed by atoms with Gasteiger partial charge in [-0.25, -0.2) is 8.42 Å². The molecule has 0 aliphatic heterocycles. The molecule has 0 unspecified atom stereocenters. The topological polar surface area (TPSA) is 84.5 Å². The zero-order valence-electron chi connectivity index (χ0n) is 17.2. The van der Waals surface area contributed by atoms with Crippen LogP contribution in [0.5, 0.6) is 0 Å². The van der Waals surface area contributed by atoms with Crippen LogP contribution in [0.2, 0.25) is 0 Å². The predicted molar refractivity (Wildman–Crippen MR) is 122 cm³/mol. The van der Waals surface area contributed by atoms with E-state index in [1.165, 1.54) is 29.8 Å². The lowest BCUT2D eigenvalue weighted by Crippen LogP contribution is -2.25. The first-order valence-corrected chi connectivity index (χ1v) is 11.6. The van der Waals surface area contributed by atoms with Gasteiger partial charge in [-0.3, -0.25) is 9.52 Å². The van der Waals surface area contributed by atoms with E-state index in [-0.39, 0.29) is 10.8 Å². The van der Waals surface area contributed by atoms with Crippen LogP contribution in [0, 0.1) is 0 Å². The lowest BCUT2D eigenvalue weighted by molar-refractivity contribution is 0.0942. The number of hydrogen-bond acceptors (Lipinski definition) is 4. The van der Waals surface area contributed by atoms with Gasteiger partial charge in [0.1, 0.15) is 0 Å². The molecule has 0 heterocycles. The monoisotopic (exact) mass is 438 g/mol. The Morgan fingerprint density at radius 2 is 1.45 bits per heavy atom. The van der Waals surface area contributed by atoms with Crippen molar-refractivity contribution >= 4 is 21.6 Å². The fourth-order valence-corrected chi connectivity index (χ4v) is 3.98. The number of sulfonamides is 1. The fourth-order valence-electron chi connectivity index (χ4n) is 2.92. The van der Waals surface area contributed by atoms with E-state index in [1.807, 2.05) is 24.3 Å². The molecule has 0 aliphatic carbocycles. The number of hydrogen-bond donors (Lipinski definition) is 2. The van der Waals surface area contributed by atoms with Crippen molar-refractivity contribution in [2.24, 2.45) is 0 Å². The summed E-state index contributed by atoms with van der Waals surface area (Å²) in [6, 6.07) is 24.6. The Labute approximate surface area is 183 Å². The number of anilines is 1. The molecule has 31 heavy (non-hydrogen) atoms. The van der Waals surface area contributed by atoms with Crippen LogP contribution < -0.4 is 10.0 Å². The standard InChI is InChI=1S/C24H26N2O4S/c27-24(25-17-7-18-30-19-16-20-8-3-1-4-9-20)21-12-14-23(15-13-21)31(28,29)26-22-10-5-2-6-11-22/h1-6,8-15,26H,7,16-19H2,(H,25,27). The van der Waals surface area contributed by atoms with Gasteiger partial charge in [-0.05, 0) is 54.8 Å². The zero-order chi connectivity index (χ0) is 21.9. The molecule has 0 aliphatic rings. The van der Waals surface area contributed by atoms with Gasteiger partial charge in [0.2, 0.25) is 0 Å². The SMILES string of the molecule is O=C(NCCCOCCc1ccccc1)c1ccc(S(=O)(=O)Nc2ccccc2)cc1. The molecular formula is C24H26N2O4S. The van der Waals surface area contributed by atoms with Crippen molar-refractivity contribution in [2.75, 3.05) is 24.5 Å². The van der Waals surface area contributed by atoms with Crippen molar-refractivity contribution in [3.05, 3.63) is 96.1 Å². The van der Waals surface area contributed by atoms with Crippen LogP contribution in [0.25, 0.3) is 0 Å². The van der Waals surface area contributed by atoms with E-state index >= 15 is 0 Å². The molecule has 3 aromatic rings. The van der Waals surface area contributed by atoms with Gasteiger partial charge in [-0.1, -0.05) is 48.5 Å². The summed E-state index contributed by atoms with van der Waals surface area (Å²) in [4.78, 5) is 12.4. The third kappa shape index (κ3) is 7.24. The van der Waals surface area contributed by atoms with Gasteiger partial charge in [0.25, 0.3) is 15.9 Å². The number of para-hydroxylation sites is 1. The molecule has 0 spiro atoms. The summed E-state index contributed by atoms with van der Waals surface area (Å²) >= 11 is 0. The summed E-state index contributed by atoms with van der Waals surface area (Å²) < 4.78 is 33.0. The lowest BCUT2D eigenvalue weighted by atomic mass is 10.2. The van der Waals surface area contributed by atoms with Gasteiger partial charge in [0.05, 0.1) is 11.5 Å². The number of carbonyl (C=O) groups is 1. The molecule has 0 bridgehead atoms. The summed E-state index contributed by atoms with van der Waals surface area (Å²) in [5.74, 6) is -0.246. The first kappa shape index (κ1) is 22.5. The second-order valence-corrected chi connectivity index (χ2v) is 8.64. The molecule has 0 saturated heterocycles. The average Bonchev–Trinajstić information content (AvgIpc) is 2.79. The van der Waals surface area contributed by atoms with E-state index in [9.17, 15) is 13.2 Å². The molecule has 3 aromatic carbocycles. The van der Waals surface area contributed by atoms with Gasteiger partial charge in [-0.2, -0.15) is 0 Å². The summed E-state index contributed by atoms with van der Waals surface area (Å²) in [5.41, 5.74) is 2.12. The Balaban J connectivity index is 1.39. The Kier molecular flexibility index (Phi) is 8.20. The highest BCUT2D eigenvalue weighted by atomic mass is 32.2. The van der Waals surface area contributed by atoms with E-state index < -0.39 is 10.0 Å². The van der Waals surface area contributed by atoms with Crippen LogP contribution in [-0.4, -0.2) is 34.1 Å². The highest BCUT2D eigenvalue weighted by molar-refractivity contribution is 7.92. The number of amides is 1. The summed E-state index contributed by atoms with van der Waals surface area (Å²) in [6.45, 7) is 1.69. The van der Waals surface area contributed by atoms with E-state index in [2.05, 4.69) is 22.2 Å². The Morgan fingerprint density at radius 1 is 0.806 bits per heavy atom. The molecule has 1 amide bonds. The van der Waals surface area contributed by atoms with Gasteiger partial charge in [-0.15, -0.1) is 0 Å². The maximum absolute atomic E-state index is 12.4. The van der Waals surface area contributed by atoms with E-state index in [4.69, 9.17) is 4.74 Å². The Morgan fingerprint density at radius 3 is 2.13 bits per heavy atom. The van der Waals surface area contributed by atoms with Crippen LogP contribution in [0.4, 0.5) is 5.69 Å². The van der Waals surface area contributed by atoms with E-state index in [0.717, 1.165) is 6.42 Å². The van der Waals surface area contributed by atoms with Gasteiger partial charge in [0.15, 0.2) is 0 Å². The number of ether oxygens (including phenoxy) is 1. The second-order valence-electron chi connectivity index (χ2n) is 6.95. The predicted octanol–water partition coefficient (Wildman–Crippen LogP) is 3.87. The van der Waals surface area contributed by atoms with Crippen LogP contribution in [0.3, 0.4) is 0 Å². The molecule has 0 atom stereocenters. The third-order valence-electron chi connectivity index (χ3n) is 4.58.